The van der Waals surface area contributed by atoms with Crippen LogP contribution < -0.4 is 15.6 Å². The van der Waals surface area contributed by atoms with E-state index in [4.69, 9.17) is 4.74 Å². The van der Waals surface area contributed by atoms with Gasteiger partial charge in [-0.3, -0.25) is 36.1 Å². The van der Waals surface area contributed by atoms with Crippen LogP contribution in [-0.4, -0.2) is 24.8 Å². The maximum absolute atomic E-state index is 11.7. The Labute approximate surface area is 173 Å². The van der Waals surface area contributed by atoms with Gasteiger partial charge in [0.05, 0.1) is 15.5 Å². The number of nitrogens with one attached hydrogen (secondary N) is 2. The Bertz CT molecular complexity index is 1280. The maximum atomic E-state index is 11.7. The van der Waals surface area contributed by atoms with Crippen molar-refractivity contribution in [2.75, 3.05) is 10.9 Å². The van der Waals surface area contributed by atoms with Crippen LogP contribution in [0.1, 0.15) is 0 Å². The standard InChI is InChI=1S/C19H13N7O5/c27-25(28)14-8-6-13(7-9-14)23-24-18-17(26(29)30)19(22-11-21-18)31-15-5-1-3-12-4-2-10-20-16(12)15/h1-11,23H,(H,21,22,24). The van der Waals surface area contributed by atoms with Crippen LogP contribution in [0.3, 0.4) is 0 Å². The Kier molecular flexibility index (Phi) is 5.17. The number of hydrogen-bond donors (Lipinski definition) is 2. The molecule has 0 amide bonds. The summed E-state index contributed by atoms with van der Waals surface area (Å²) < 4.78 is 5.72. The minimum Gasteiger partial charge on any atom is -0.431 e. The van der Waals surface area contributed by atoms with Crippen LogP contribution in [0.2, 0.25) is 0 Å². The smallest absolute Gasteiger partial charge is 0.374 e. The molecule has 0 radical (unpaired) electrons. The van der Waals surface area contributed by atoms with Crippen LogP contribution in [0.25, 0.3) is 10.9 Å². The van der Waals surface area contributed by atoms with E-state index in [-0.39, 0.29) is 17.4 Å². The molecule has 2 aromatic heterocycles. The Morgan fingerprint density at radius 3 is 2.35 bits per heavy atom. The lowest BCUT2D eigenvalue weighted by Crippen LogP contribution is -2.13. The number of anilines is 2. The van der Waals surface area contributed by atoms with Gasteiger partial charge < -0.3 is 4.74 Å². The van der Waals surface area contributed by atoms with Crippen molar-refractivity contribution < 1.29 is 14.6 Å². The minimum absolute atomic E-state index is 0.0852. The van der Waals surface area contributed by atoms with Crippen molar-refractivity contribution in [3.05, 3.63) is 87.4 Å². The Morgan fingerprint density at radius 1 is 0.839 bits per heavy atom. The molecule has 0 saturated carbocycles. The van der Waals surface area contributed by atoms with Gasteiger partial charge in [0.1, 0.15) is 11.8 Å². The van der Waals surface area contributed by atoms with Gasteiger partial charge in [-0.25, -0.2) is 4.98 Å². The molecule has 12 nitrogen and oxygen atoms in total. The summed E-state index contributed by atoms with van der Waals surface area (Å²) in [6, 6.07) is 14.3. The number of hydrazine groups is 1. The molecule has 0 unspecified atom stereocenters. The zero-order valence-electron chi connectivity index (χ0n) is 15.6. The van der Waals surface area contributed by atoms with Gasteiger partial charge >= 0.3 is 11.6 Å². The quantitative estimate of drug-likeness (QED) is 0.330. The summed E-state index contributed by atoms with van der Waals surface area (Å²) >= 11 is 0. The van der Waals surface area contributed by atoms with Gasteiger partial charge in [0.2, 0.25) is 5.82 Å². The average molecular weight is 419 g/mol. The molecule has 4 aromatic rings. The van der Waals surface area contributed by atoms with Crippen LogP contribution >= 0.6 is 0 Å². The molecule has 2 aromatic carbocycles. The molecule has 0 fully saturated rings. The molecular formula is C19H13N7O5. The predicted octanol–water partition coefficient (Wildman–Crippen LogP) is 4.07. The molecule has 0 aliphatic heterocycles. The monoisotopic (exact) mass is 419 g/mol. The zero-order chi connectivity index (χ0) is 21.8. The van der Waals surface area contributed by atoms with Crippen molar-refractivity contribution in [2.24, 2.45) is 0 Å². The lowest BCUT2D eigenvalue weighted by atomic mass is 10.2. The van der Waals surface area contributed by atoms with Crippen molar-refractivity contribution in [3.63, 3.8) is 0 Å². The van der Waals surface area contributed by atoms with Gasteiger partial charge in [-0.05, 0) is 24.3 Å². The minimum atomic E-state index is -0.673. The fraction of sp³-hybridized carbons (Fsp3) is 0. The number of rotatable bonds is 7. The average Bonchev–Trinajstić information content (AvgIpc) is 2.78. The molecule has 0 aliphatic carbocycles. The molecular weight excluding hydrogens is 406 g/mol. The number of aromatic nitrogens is 3. The van der Waals surface area contributed by atoms with E-state index in [2.05, 4.69) is 25.8 Å². The van der Waals surface area contributed by atoms with Gasteiger partial charge in [-0.15, -0.1) is 0 Å². The van der Waals surface area contributed by atoms with E-state index >= 15 is 0 Å². The molecule has 12 heteroatoms. The molecule has 4 rings (SSSR count). The highest BCUT2D eigenvalue weighted by Crippen LogP contribution is 2.36. The number of pyridine rings is 1. The molecule has 0 spiro atoms. The van der Waals surface area contributed by atoms with E-state index in [1.54, 1.807) is 24.4 Å². The molecule has 31 heavy (non-hydrogen) atoms. The first kappa shape index (κ1) is 19.4. The third-order valence-electron chi connectivity index (χ3n) is 4.18. The van der Waals surface area contributed by atoms with Crippen molar-refractivity contribution >= 4 is 33.8 Å². The number of fused-ring (bicyclic) bond motifs is 1. The number of nitro groups is 2. The summed E-state index contributed by atoms with van der Waals surface area (Å²) in [5.41, 5.74) is 5.70. The summed E-state index contributed by atoms with van der Waals surface area (Å²) in [6.07, 6.45) is 2.70. The fourth-order valence-corrected chi connectivity index (χ4v) is 2.75. The second kappa shape index (κ2) is 8.24. The highest BCUT2D eigenvalue weighted by atomic mass is 16.6. The van der Waals surface area contributed by atoms with Crippen LogP contribution in [0.5, 0.6) is 11.6 Å². The van der Waals surface area contributed by atoms with E-state index in [0.717, 1.165) is 11.7 Å². The first-order chi connectivity index (χ1) is 15.0. The second-order valence-electron chi connectivity index (χ2n) is 6.12. The fourth-order valence-electron chi connectivity index (χ4n) is 2.75. The van der Waals surface area contributed by atoms with E-state index in [0.29, 0.717) is 17.0 Å². The molecule has 0 saturated heterocycles. The van der Waals surface area contributed by atoms with Gasteiger partial charge in [0, 0.05) is 23.7 Å². The van der Waals surface area contributed by atoms with Crippen molar-refractivity contribution in [2.45, 2.75) is 0 Å². The normalized spacial score (nSPS) is 10.5. The van der Waals surface area contributed by atoms with Crippen LogP contribution in [0.15, 0.2) is 67.1 Å². The number of ether oxygens (including phenoxy) is 1. The number of para-hydroxylation sites is 1. The molecule has 2 N–H and O–H groups in total. The predicted molar refractivity (Wildman–Crippen MR) is 111 cm³/mol. The molecule has 0 atom stereocenters. The summed E-state index contributed by atoms with van der Waals surface area (Å²) in [4.78, 5) is 33.3. The second-order valence-corrected chi connectivity index (χ2v) is 6.12. The first-order valence-corrected chi connectivity index (χ1v) is 8.80. The highest BCUT2D eigenvalue weighted by molar-refractivity contribution is 5.84. The highest BCUT2D eigenvalue weighted by Gasteiger charge is 2.25. The summed E-state index contributed by atoms with van der Waals surface area (Å²) in [7, 11) is 0. The SMILES string of the molecule is O=[N+]([O-])c1ccc(NNc2ncnc(Oc3cccc4cccnc34)c2[N+](=O)[O-])cc1. The Morgan fingerprint density at radius 2 is 1.61 bits per heavy atom. The Balaban J connectivity index is 1.62. The number of hydrogen-bond acceptors (Lipinski definition) is 10. The van der Waals surface area contributed by atoms with E-state index < -0.39 is 15.5 Å². The van der Waals surface area contributed by atoms with Crippen LogP contribution in [0, 0.1) is 20.2 Å². The summed E-state index contributed by atoms with van der Waals surface area (Å²) in [6.45, 7) is 0. The number of nitro benzene ring substituents is 1. The lowest BCUT2D eigenvalue weighted by Gasteiger charge is -2.11. The zero-order valence-corrected chi connectivity index (χ0v) is 15.6. The number of benzene rings is 2. The third-order valence-corrected chi connectivity index (χ3v) is 4.18. The van der Waals surface area contributed by atoms with Crippen LogP contribution in [-0.2, 0) is 0 Å². The third kappa shape index (κ3) is 4.12. The van der Waals surface area contributed by atoms with Gasteiger partial charge in [-0.1, -0.05) is 18.2 Å². The van der Waals surface area contributed by atoms with Crippen molar-refractivity contribution in [1.29, 1.82) is 0 Å². The molecule has 2 heterocycles. The van der Waals surface area contributed by atoms with E-state index in [9.17, 15) is 20.2 Å². The van der Waals surface area contributed by atoms with E-state index in [1.165, 1.54) is 24.3 Å². The van der Waals surface area contributed by atoms with Gasteiger partial charge in [-0.2, -0.15) is 4.98 Å². The number of nitrogens with zero attached hydrogens (tertiary/aromatic N) is 5. The maximum Gasteiger partial charge on any atom is 0.374 e. The topological polar surface area (TPSA) is 158 Å². The van der Waals surface area contributed by atoms with Gasteiger partial charge in [0.15, 0.2) is 5.75 Å². The van der Waals surface area contributed by atoms with Crippen molar-refractivity contribution in [1.82, 2.24) is 15.0 Å². The van der Waals surface area contributed by atoms with Gasteiger partial charge in [0.25, 0.3) is 5.69 Å². The largest absolute Gasteiger partial charge is 0.431 e. The van der Waals surface area contributed by atoms with E-state index in [1.807, 2.05) is 12.1 Å². The first-order valence-electron chi connectivity index (χ1n) is 8.80. The summed E-state index contributed by atoms with van der Waals surface area (Å²) in [5, 5.41) is 23.3. The molecule has 0 aliphatic rings. The summed E-state index contributed by atoms with van der Waals surface area (Å²) in [5.74, 6) is -0.123. The number of non-ortho nitro benzene ring substituents is 1. The lowest BCUT2D eigenvalue weighted by molar-refractivity contribution is -0.385. The Hall–Kier alpha value is -4.87. The molecule has 154 valence electrons. The van der Waals surface area contributed by atoms with Crippen LogP contribution in [0.4, 0.5) is 22.9 Å². The molecule has 0 bridgehead atoms. The van der Waals surface area contributed by atoms with Crippen molar-refractivity contribution in [3.8, 4) is 11.6 Å².